The summed E-state index contributed by atoms with van der Waals surface area (Å²) in [4.78, 5) is 15.2. The van der Waals surface area contributed by atoms with Gasteiger partial charge in [0.1, 0.15) is 10.7 Å². The van der Waals surface area contributed by atoms with Gasteiger partial charge < -0.3 is 4.57 Å². The van der Waals surface area contributed by atoms with Crippen LogP contribution in [0.25, 0.3) is 0 Å². The maximum atomic E-state index is 12.8. The molecule has 0 aliphatic carbocycles. The Balaban J connectivity index is 1.32. The minimum Gasteiger partial charge on any atom is -0.300 e. The van der Waals surface area contributed by atoms with Crippen molar-refractivity contribution in [2.24, 2.45) is 0 Å². The highest BCUT2D eigenvalue weighted by molar-refractivity contribution is 7.99. The standard InChI is InChI=1S/C24H27N5O3S2/c30-23-20-11-5-6-12-21(20)34(31,32)29(23)15-16-33-24-26-25-22(18-27-13-7-2-8-14-27)28(24)17-19-9-3-1-4-10-19/h1,3-6,9-12H,2,7-8,13-18H2. The quantitative estimate of drug-likeness (QED) is 0.442. The number of aromatic nitrogens is 3. The molecule has 0 radical (unpaired) electrons. The van der Waals surface area contributed by atoms with Crippen LogP contribution in [0.1, 0.15) is 41.0 Å². The number of carbonyl (C=O) groups excluding carboxylic acids is 1. The molecule has 1 saturated heterocycles. The molecule has 10 heteroatoms. The molecule has 3 heterocycles. The van der Waals surface area contributed by atoms with Crippen LogP contribution in [0.4, 0.5) is 0 Å². The number of amides is 1. The predicted molar refractivity (Wildman–Crippen MR) is 130 cm³/mol. The van der Waals surface area contributed by atoms with E-state index in [0.29, 0.717) is 12.3 Å². The third-order valence-electron chi connectivity index (χ3n) is 6.23. The topological polar surface area (TPSA) is 88.4 Å². The maximum Gasteiger partial charge on any atom is 0.269 e. The molecule has 34 heavy (non-hydrogen) atoms. The second-order valence-electron chi connectivity index (χ2n) is 8.53. The SMILES string of the molecule is O=C1c2ccccc2S(=O)(=O)N1CCSc1nnc(CN2CCCCC2)n1Cc1ccccc1. The number of hydrogen-bond donors (Lipinski definition) is 0. The molecule has 1 fully saturated rings. The normalized spacial score (nSPS) is 17.8. The van der Waals surface area contributed by atoms with E-state index in [1.165, 1.54) is 37.1 Å². The average Bonchev–Trinajstić information content (AvgIpc) is 3.31. The van der Waals surface area contributed by atoms with E-state index in [4.69, 9.17) is 0 Å². The monoisotopic (exact) mass is 497 g/mol. The third-order valence-corrected chi connectivity index (χ3v) is 9.02. The number of nitrogens with zero attached hydrogens (tertiary/aromatic N) is 5. The summed E-state index contributed by atoms with van der Waals surface area (Å²) >= 11 is 1.43. The minimum absolute atomic E-state index is 0.0835. The molecular formula is C24H27N5O3S2. The Morgan fingerprint density at radius 2 is 1.62 bits per heavy atom. The van der Waals surface area contributed by atoms with E-state index < -0.39 is 15.9 Å². The van der Waals surface area contributed by atoms with Gasteiger partial charge in [0.25, 0.3) is 15.9 Å². The van der Waals surface area contributed by atoms with Crippen LogP contribution < -0.4 is 0 Å². The Hall–Kier alpha value is -2.69. The van der Waals surface area contributed by atoms with Gasteiger partial charge >= 0.3 is 0 Å². The van der Waals surface area contributed by atoms with E-state index in [1.807, 2.05) is 18.2 Å². The summed E-state index contributed by atoms with van der Waals surface area (Å²) in [5.74, 6) is 0.841. The average molecular weight is 498 g/mol. The van der Waals surface area contributed by atoms with Crippen LogP contribution in [-0.2, 0) is 23.1 Å². The third kappa shape index (κ3) is 4.62. The van der Waals surface area contributed by atoms with Crippen LogP contribution in [0.5, 0.6) is 0 Å². The first-order valence-corrected chi connectivity index (χ1v) is 13.9. The van der Waals surface area contributed by atoms with Crippen molar-refractivity contribution in [1.29, 1.82) is 0 Å². The molecule has 1 aromatic heterocycles. The van der Waals surface area contributed by atoms with E-state index in [1.54, 1.807) is 18.2 Å². The molecule has 1 amide bonds. The summed E-state index contributed by atoms with van der Waals surface area (Å²) in [5, 5.41) is 9.65. The maximum absolute atomic E-state index is 12.8. The first kappa shape index (κ1) is 23.1. The summed E-state index contributed by atoms with van der Waals surface area (Å²) in [6, 6.07) is 16.5. The van der Waals surface area contributed by atoms with Gasteiger partial charge in [-0.05, 0) is 43.6 Å². The van der Waals surface area contributed by atoms with E-state index in [9.17, 15) is 13.2 Å². The number of hydrogen-bond acceptors (Lipinski definition) is 7. The highest BCUT2D eigenvalue weighted by atomic mass is 32.2. The van der Waals surface area contributed by atoms with Crippen molar-refractivity contribution in [2.75, 3.05) is 25.4 Å². The van der Waals surface area contributed by atoms with Crippen molar-refractivity contribution in [1.82, 2.24) is 24.0 Å². The fourth-order valence-electron chi connectivity index (χ4n) is 4.46. The Kier molecular flexibility index (Phi) is 6.71. The number of carbonyl (C=O) groups is 1. The molecule has 8 nitrogen and oxygen atoms in total. The Bertz CT molecular complexity index is 1270. The van der Waals surface area contributed by atoms with Crippen LogP contribution in [0, 0.1) is 0 Å². The molecule has 0 spiro atoms. The van der Waals surface area contributed by atoms with Crippen molar-refractivity contribution >= 4 is 27.7 Å². The molecule has 0 N–H and O–H groups in total. The lowest BCUT2D eigenvalue weighted by Gasteiger charge is -2.26. The second kappa shape index (κ2) is 9.89. The minimum atomic E-state index is -3.80. The number of sulfonamides is 1. The Morgan fingerprint density at radius 3 is 2.38 bits per heavy atom. The molecule has 0 unspecified atom stereocenters. The first-order valence-electron chi connectivity index (χ1n) is 11.5. The summed E-state index contributed by atoms with van der Waals surface area (Å²) in [7, 11) is -3.80. The Morgan fingerprint density at radius 1 is 0.882 bits per heavy atom. The van der Waals surface area contributed by atoms with E-state index in [0.717, 1.165) is 40.5 Å². The highest BCUT2D eigenvalue weighted by Gasteiger charge is 2.40. The van der Waals surface area contributed by atoms with Crippen molar-refractivity contribution in [3.63, 3.8) is 0 Å². The molecule has 2 aliphatic heterocycles. The summed E-state index contributed by atoms with van der Waals surface area (Å²) in [6.07, 6.45) is 3.68. The van der Waals surface area contributed by atoms with Gasteiger partial charge in [-0.1, -0.05) is 60.6 Å². The van der Waals surface area contributed by atoms with Crippen LogP contribution in [0.15, 0.2) is 64.6 Å². The van der Waals surface area contributed by atoms with Crippen LogP contribution in [0.2, 0.25) is 0 Å². The molecule has 178 valence electrons. The molecule has 0 saturated carbocycles. The zero-order valence-corrected chi connectivity index (χ0v) is 20.5. The fraction of sp³-hybridized carbons (Fsp3) is 0.375. The Labute approximate surface area is 204 Å². The van der Waals surface area contributed by atoms with E-state index in [-0.39, 0.29) is 17.0 Å². The van der Waals surface area contributed by atoms with Gasteiger partial charge in [0.2, 0.25) is 0 Å². The molecule has 0 bridgehead atoms. The zero-order valence-electron chi connectivity index (χ0n) is 18.8. The van der Waals surface area contributed by atoms with Gasteiger partial charge in [-0.15, -0.1) is 10.2 Å². The fourth-order valence-corrected chi connectivity index (χ4v) is 7.02. The highest BCUT2D eigenvalue weighted by Crippen LogP contribution is 2.30. The van der Waals surface area contributed by atoms with Crippen LogP contribution >= 0.6 is 11.8 Å². The second-order valence-corrected chi connectivity index (χ2v) is 11.4. The molecular weight excluding hydrogens is 470 g/mol. The summed E-state index contributed by atoms with van der Waals surface area (Å²) in [6.45, 7) is 3.60. The number of fused-ring (bicyclic) bond motifs is 1. The van der Waals surface area contributed by atoms with Crippen molar-refractivity contribution < 1.29 is 13.2 Å². The molecule has 2 aromatic carbocycles. The number of piperidine rings is 1. The summed E-state index contributed by atoms with van der Waals surface area (Å²) in [5.41, 5.74) is 1.39. The summed E-state index contributed by atoms with van der Waals surface area (Å²) < 4.78 is 28.7. The van der Waals surface area contributed by atoms with Gasteiger partial charge in [0.05, 0.1) is 18.7 Å². The van der Waals surface area contributed by atoms with E-state index >= 15 is 0 Å². The van der Waals surface area contributed by atoms with E-state index in [2.05, 4.69) is 31.8 Å². The molecule has 0 atom stereocenters. The smallest absolute Gasteiger partial charge is 0.269 e. The number of benzene rings is 2. The predicted octanol–water partition coefficient (Wildman–Crippen LogP) is 3.25. The first-order chi connectivity index (χ1) is 16.5. The molecule has 2 aliphatic rings. The van der Waals surface area contributed by atoms with Crippen molar-refractivity contribution in [2.45, 2.75) is 42.4 Å². The van der Waals surface area contributed by atoms with Gasteiger partial charge in [-0.3, -0.25) is 9.69 Å². The van der Waals surface area contributed by atoms with Gasteiger partial charge in [-0.2, -0.15) is 0 Å². The largest absolute Gasteiger partial charge is 0.300 e. The van der Waals surface area contributed by atoms with Gasteiger partial charge in [-0.25, -0.2) is 12.7 Å². The van der Waals surface area contributed by atoms with Crippen LogP contribution in [0.3, 0.4) is 0 Å². The number of thioether (sulfide) groups is 1. The van der Waals surface area contributed by atoms with Crippen LogP contribution in [-0.4, -0.2) is 63.7 Å². The lowest BCUT2D eigenvalue weighted by molar-refractivity contribution is 0.0876. The molecule has 3 aromatic rings. The molecule has 5 rings (SSSR count). The number of rotatable bonds is 8. The lowest BCUT2D eigenvalue weighted by atomic mass is 10.1. The van der Waals surface area contributed by atoms with Gasteiger partial charge in [0.15, 0.2) is 5.16 Å². The zero-order chi connectivity index (χ0) is 23.5. The van der Waals surface area contributed by atoms with Crippen molar-refractivity contribution in [3.05, 3.63) is 71.5 Å². The number of likely N-dealkylation sites (tertiary alicyclic amines) is 1. The van der Waals surface area contributed by atoms with Crippen molar-refractivity contribution in [3.8, 4) is 0 Å². The van der Waals surface area contributed by atoms with Gasteiger partial charge in [0, 0.05) is 12.3 Å². The lowest BCUT2D eigenvalue weighted by Crippen LogP contribution is -2.32.